The van der Waals surface area contributed by atoms with Crippen molar-refractivity contribution < 1.29 is 19.1 Å². The number of anilines is 1. The summed E-state index contributed by atoms with van der Waals surface area (Å²) in [5.74, 6) is -1.09. The Kier molecular flexibility index (Phi) is 6.84. The second-order valence-corrected chi connectivity index (χ2v) is 12.0. The first-order valence-corrected chi connectivity index (χ1v) is 13.9. The lowest BCUT2D eigenvalue weighted by atomic mass is 9.68. The SMILES string of the molecule is CCOC(=O)c1c(NC(=O)C2=C(C)NC3=C(C(=O)CC(C)(C)C3)C2c2ccccc2)sc2c1CCCC2. The molecule has 2 aliphatic carbocycles. The summed E-state index contributed by atoms with van der Waals surface area (Å²) in [6.07, 6.45) is 4.99. The van der Waals surface area contributed by atoms with E-state index in [1.807, 2.05) is 37.3 Å². The lowest BCUT2D eigenvalue weighted by molar-refractivity contribution is -0.118. The van der Waals surface area contributed by atoms with Crippen LogP contribution in [-0.4, -0.2) is 24.3 Å². The third kappa shape index (κ3) is 4.77. The molecule has 3 aliphatic rings. The summed E-state index contributed by atoms with van der Waals surface area (Å²) < 4.78 is 5.38. The summed E-state index contributed by atoms with van der Waals surface area (Å²) in [7, 11) is 0. The normalized spacial score (nSPS) is 20.6. The van der Waals surface area contributed by atoms with Gasteiger partial charge in [0, 0.05) is 39.8 Å². The Morgan fingerprint density at radius 3 is 2.59 bits per heavy atom. The fourth-order valence-electron chi connectivity index (χ4n) is 5.96. The number of carbonyl (C=O) groups excluding carboxylic acids is 3. The first-order chi connectivity index (χ1) is 17.7. The number of ketones is 1. The van der Waals surface area contributed by atoms with Crippen LogP contribution >= 0.6 is 11.3 Å². The average Bonchev–Trinajstić information content (AvgIpc) is 3.20. The standard InChI is InChI=1S/C30H34N2O4S/c1-5-36-29(35)25-19-13-9-10-14-22(19)37-28(25)32-27(34)23-17(2)31-20-15-30(3,4)16-21(33)26(20)24(23)18-11-7-6-8-12-18/h6-8,11-12,24,31H,5,9-10,13-16H2,1-4H3,(H,32,34). The first kappa shape index (κ1) is 25.5. The molecule has 1 unspecified atom stereocenters. The van der Waals surface area contributed by atoms with E-state index in [4.69, 9.17) is 4.74 Å². The van der Waals surface area contributed by atoms with Crippen molar-refractivity contribution in [3.8, 4) is 0 Å². The molecule has 1 amide bonds. The van der Waals surface area contributed by atoms with Crippen molar-refractivity contribution >= 4 is 34.0 Å². The van der Waals surface area contributed by atoms with Crippen molar-refractivity contribution in [2.75, 3.05) is 11.9 Å². The molecule has 37 heavy (non-hydrogen) atoms. The van der Waals surface area contributed by atoms with Crippen molar-refractivity contribution in [3.05, 3.63) is 74.4 Å². The van der Waals surface area contributed by atoms with Gasteiger partial charge < -0.3 is 15.4 Å². The third-order valence-electron chi connectivity index (χ3n) is 7.50. The number of hydrogen-bond donors (Lipinski definition) is 2. The molecule has 6 nitrogen and oxygen atoms in total. The lowest BCUT2D eigenvalue weighted by Crippen LogP contribution is -2.39. The maximum Gasteiger partial charge on any atom is 0.341 e. The highest BCUT2D eigenvalue weighted by Gasteiger charge is 2.43. The number of carbonyl (C=O) groups is 3. The first-order valence-electron chi connectivity index (χ1n) is 13.1. The minimum atomic E-state index is -0.471. The van der Waals surface area contributed by atoms with E-state index in [0.717, 1.165) is 59.5 Å². The zero-order chi connectivity index (χ0) is 26.3. The van der Waals surface area contributed by atoms with Crippen molar-refractivity contribution in [1.82, 2.24) is 5.32 Å². The molecule has 2 aromatic rings. The van der Waals surface area contributed by atoms with Crippen LogP contribution in [0.4, 0.5) is 5.00 Å². The van der Waals surface area contributed by atoms with E-state index in [1.54, 1.807) is 6.92 Å². The maximum atomic E-state index is 14.0. The van der Waals surface area contributed by atoms with E-state index in [2.05, 4.69) is 24.5 Å². The lowest BCUT2D eigenvalue weighted by Gasteiger charge is -2.39. The Balaban J connectivity index is 1.57. The Bertz CT molecular complexity index is 1330. The Labute approximate surface area is 222 Å². The third-order valence-corrected chi connectivity index (χ3v) is 8.70. The summed E-state index contributed by atoms with van der Waals surface area (Å²) in [5, 5.41) is 7.04. The van der Waals surface area contributed by atoms with Crippen LogP contribution in [0.5, 0.6) is 0 Å². The van der Waals surface area contributed by atoms with E-state index < -0.39 is 5.92 Å². The van der Waals surface area contributed by atoms with Crippen LogP contribution in [0.1, 0.15) is 85.7 Å². The van der Waals surface area contributed by atoms with Gasteiger partial charge in [-0.05, 0) is 62.5 Å². The topological polar surface area (TPSA) is 84.5 Å². The number of Topliss-reactive ketones (excluding diaryl/α,β-unsaturated/α-hetero) is 1. The maximum absolute atomic E-state index is 14.0. The van der Waals surface area contributed by atoms with Crippen molar-refractivity contribution in [3.63, 3.8) is 0 Å². The number of hydrogen-bond acceptors (Lipinski definition) is 6. The predicted octanol–water partition coefficient (Wildman–Crippen LogP) is 6.05. The zero-order valence-electron chi connectivity index (χ0n) is 22.0. The second-order valence-electron chi connectivity index (χ2n) is 10.9. The minimum absolute atomic E-state index is 0.0733. The molecule has 0 bridgehead atoms. The molecular formula is C30H34N2O4S. The Morgan fingerprint density at radius 1 is 1.14 bits per heavy atom. The number of amides is 1. The summed E-state index contributed by atoms with van der Waals surface area (Å²) in [6.45, 7) is 8.16. The van der Waals surface area contributed by atoms with E-state index in [9.17, 15) is 14.4 Å². The van der Waals surface area contributed by atoms with Gasteiger partial charge in [0.25, 0.3) is 5.91 Å². The van der Waals surface area contributed by atoms with Crippen LogP contribution in [0, 0.1) is 5.41 Å². The van der Waals surface area contributed by atoms with Gasteiger partial charge in [-0.25, -0.2) is 4.79 Å². The summed E-state index contributed by atoms with van der Waals surface area (Å²) in [6, 6.07) is 9.76. The van der Waals surface area contributed by atoms with Crippen LogP contribution in [0.2, 0.25) is 0 Å². The molecule has 1 aromatic carbocycles. The van der Waals surface area contributed by atoms with Gasteiger partial charge in [0.2, 0.25) is 0 Å². The van der Waals surface area contributed by atoms with Gasteiger partial charge >= 0.3 is 5.97 Å². The fourth-order valence-corrected chi connectivity index (χ4v) is 7.23. The van der Waals surface area contributed by atoms with Crippen LogP contribution in [0.3, 0.4) is 0 Å². The Hall–Kier alpha value is -3.19. The number of ether oxygens (including phenoxy) is 1. The van der Waals surface area contributed by atoms with E-state index in [0.29, 0.717) is 28.1 Å². The van der Waals surface area contributed by atoms with Crippen LogP contribution < -0.4 is 10.6 Å². The second kappa shape index (κ2) is 9.93. The quantitative estimate of drug-likeness (QED) is 0.471. The molecule has 7 heteroatoms. The van der Waals surface area contributed by atoms with Crippen molar-refractivity contribution in [2.45, 2.75) is 72.1 Å². The number of allylic oxidation sites excluding steroid dienone is 3. The molecule has 0 spiro atoms. The number of fused-ring (bicyclic) bond motifs is 1. The van der Waals surface area contributed by atoms with Gasteiger partial charge in [0.05, 0.1) is 12.2 Å². The number of dihydropyridines is 1. The van der Waals surface area contributed by atoms with Gasteiger partial charge in [0.1, 0.15) is 5.00 Å². The van der Waals surface area contributed by atoms with Crippen LogP contribution in [-0.2, 0) is 27.2 Å². The van der Waals surface area contributed by atoms with Gasteiger partial charge in [-0.15, -0.1) is 11.3 Å². The number of benzene rings is 1. The predicted molar refractivity (Wildman–Crippen MR) is 146 cm³/mol. The molecule has 194 valence electrons. The zero-order valence-corrected chi connectivity index (χ0v) is 22.8. The van der Waals surface area contributed by atoms with E-state index in [1.165, 1.54) is 11.3 Å². The monoisotopic (exact) mass is 518 g/mol. The number of rotatable bonds is 5. The molecule has 1 aliphatic heterocycles. The average molecular weight is 519 g/mol. The van der Waals surface area contributed by atoms with Crippen molar-refractivity contribution in [2.24, 2.45) is 5.41 Å². The summed E-state index contributed by atoms with van der Waals surface area (Å²) in [5.41, 5.74) is 5.09. The molecule has 1 aromatic heterocycles. The number of aryl methyl sites for hydroxylation is 1. The molecule has 2 heterocycles. The summed E-state index contributed by atoms with van der Waals surface area (Å²) in [4.78, 5) is 41.6. The van der Waals surface area contributed by atoms with Crippen molar-refractivity contribution in [1.29, 1.82) is 0 Å². The largest absolute Gasteiger partial charge is 0.462 e. The smallest absolute Gasteiger partial charge is 0.341 e. The van der Waals surface area contributed by atoms with E-state index in [-0.39, 0.29) is 29.7 Å². The summed E-state index contributed by atoms with van der Waals surface area (Å²) >= 11 is 1.48. The number of esters is 1. The molecule has 0 saturated carbocycles. The minimum Gasteiger partial charge on any atom is -0.462 e. The molecule has 2 N–H and O–H groups in total. The molecule has 0 saturated heterocycles. The highest BCUT2D eigenvalue weighted by Crippen LogP contribution is 2.47. The molecule has 1 atom stereocenters. The van der Waals surface area contributed by atoms with Gasteiger partial charge in [-0.2, -0.15) is 0 Å². The van der Waals surface area contributed by atoms with E-state index >= 15 is 0 Å². The number of thiophene rings is 1. The molecule has 0 fully saturated rings. The van der Waals surface area contributed by atoms with Gasteiger partial charge in [-0.1, -0.05) is 44.2 Å². The molecule has 5 rings (SSSR count). The number of nitrogens with one attached hydrogen (secondary N) is 2. The fraction of sp³-hybridized carbons (Fsp3) is 0.433. The Morgan fingerprint density at radius 2 is 1.86 bits per heavy atom. The van der Waals surface area contributed by atoms with Gasteiger partial charge in [-0.3, -0.25) is 9.59 Å². The van der Waals surface area contributed by atoms with Crippen LogP contribution in [0.15, 0.2) is 52.9 Å². The van der Waals surface area contributed by atoms with Gasteiger partial charge in [0.15, 0.2) is 5.78 Å². The highest BCUT2D eigenvalue weighted by molar-refractivity contribution is 7.17. The highest BCUT2D eigenvalue weighted by atomic mass is 32.1. The molecule has 0 radical (unpaired) electrons. The van der Waals surface area contributed by atoms with Crippen LogP contribution in [0.25, 0.3) is 0 Å². The molecular weight excluding hydrogens is 484 g/mol.